The molecule has 1 N–H and O–H groups in total. The maximum Gasteiger partial charge on any atom is 0.203 e. The van der Waals surface area contributed by atoms with Gasteiger partial charge in [-0.15, -0.1) is 24.8 Å². The van der Waals surface area contributed by atoms with Gasteiger partial charge in [-0.2, -0.15) is 0 Å². The van der Waals surface area contributed by atoms with Crippen LogP contribution in [-0.4, -0.2) is 52.4 Å². The summed E-state index contributed by atoms with van der Waals surface area (Å²) >= 11 is 0. The van der Waals surface area contributed by atoms with Crippen LogP contribution in [0.4, 0.5) is 0 Å². The maximum atomic E-state index is 5.40. The normalized spacial score (nSPS) is 15.0. The van der Waals surface area contributed by atoms with Gasteiger partial charge >= 0.3 is 0 Å². The smallest absolute Gasteiger partial charge is 0.203 e. The fourth-order valence-corrected chi connectivity index (χ4v) is 2.54. The molecule has 0 bridgehead atoms. The van der Waals surface area contributed by atoms with E-state index < -0.39 is 0 Å². The molecule has 7 heteroatoms. The molecule has 0 aromatic heterocycles. The fraction of sp³-hybridized carbons (Fsp3) is 0.600. The molecule has 0 atom stereocenters. The summed E-state index contributed by atoms with van der Waals surface area (Å²) in [6, 6.07) is 4.05. The van der Waals surface area contributed by atoms with Crippen molar-refractivity contribution in [3.8, 4) is 17.2 Å². The van der Waals surface area contributed by atoms with Crippen LogP contribution in [0, 0.1) is 0 Å². The number of benzene rings is 1. The molecule has 0 amide bonds. The van der Waals surface area contributed by atoms with Gasteiger partial charge in [-0.1, -0.05) is 0 Å². The number of nitrogens with zero attached hydrogens (tertiary/aromatic N) is 1. The summed E-state index contributed by atoms with van der Waals surface area (Å²) in [5.74, 6) is 2.08. The third-order valence-corrected chi connectivity index (χ3v) is 3.56. The molecule has 1 saturated heterocycles. The van der Waals surface area contributed by atoms with E-state index in [2.05, 4.69) is 10.2 Å². The van der Waals surface area contributed by atoms with E-state index in [4.69, 9.17) is 14.2 Å². The van der Waals surface area contributed by atoms with Crippen molar-refractivity contribution in [3.05, 3.63) is 17.7 Å². The summed E-state index contributed by atoms with van der Waals surface area (Å²) in [7, 11) is 4.92. The Labute approximate surface area is 145 Å². The van der Waals surface area contributed by atoms with Crippen molar-refractivity contribution in [2.24, 2.45) is 0 Å². The Kier molecular flexibility index (Phi) is 10.3. The number of rotatable bonds is 5. The number of methoxy groups -OCH3 is 3. The van der Waals surface area contributed by atoms with Crippen LogP contribution in [-0.2, 0) is 6.54 Å². The molecule has 0 saturated carbocycles. The lowest BCUT2D eigenvalue weighted by molar-refractivity contribution is 0.281. The van der Waals surface area contributed by atoms with Crippen LogP contribution >= 0.6 is 24.8 Å². The minimum absolute atomic E-state index is 0. The van der Waals surface area contributed by atoms with E-state index in [1.807, 2.05) is 12.1 Å². The van der Waals surface area contributed by atoms with Crippen LogP contribution in [0.5, 0.6) is 17.2 Å². The van der Waals surface area contributed by atoms with Crippen LogP contribution in [0.1, 0.15) is 12.0 Å². The number of hydrogen-bond donors (Lipinski definition) is 1. The van der Waals surface area contributed by atoms with Crippen LogP contribution in [0.2, 0.25) is 0 Å². The summed E-state index contributed by atoms with van der Waals surface area (Å²) in [5.41, 5.74) is 1.18. The molecule has 1 aliphatic heterocycles. The third-order valence-electron chi connectivity index (χ3n) is 3.56. The highest BCUT2D eigenvalue weighted by Crippen LogP contribution is 2.38. The molecule has 0 spiro atoms. The lowest BCUT2D eigenvalue weighted by Gasteiger charge is -2.21. The molecular formula is C15H26Cl2N2O3. The highest BCUT2D eigenvalue weighted by molar-refractivity contribution is 5.85. The fourth-order valence-electron chi connectivity index (χ4n) is 2.54. The molecule has 22 heavy (non-hydrogen) atoms. The highest BCUT2D eigenvalue weighted by Gasteiger charge is 2.15. The zero-order valence-electron chi connectivity index (χ0n) is 13.4. The Morgan fingerprint density at radius 3 is 2.14 bits per heavy atom. The number of nitrogens with one attached hydrogen (secondary N) is 1. The van der Waals surface area contributed by atoms with Crippen molar-refractivity contribution < 1.29 is 14.2 Å². The van der Waals surface area contributed by atoms with E-state index in [-0.39, 0.29) is 24.8 Å². The second-order valence-electron chi connectivity index (χ2n) is 4.91. The topological polar surface area (TPSA) is 43.0 Å². The number of hydrogen-bond acceptors (Lipinski definition) is 5. The first-order valence-corrected chi connectivity index (χ1v) is 7.00. The first kappa shape index (κ1) is 21.1. The van der Waals surface area contributed by atoms with Crippen LogP contribution in [0.3, 0.4) is 0 Å². The van der Waals surface area contributed by atoms with Gasteiger partial charge in [0.2, 0.25) is 5.75 Å². The summed E-state index contributed by atoms with van der Waals surface area (Å²) in [5, 5.41) is 3.42. The van der Waals surface area contributed by atoms with E-state index in [0.29, 0.717) is 5.75 Å². The Balaban J connectivity index is 0.00000220. The lowest BCUT2D eigenvalue weighted by Crippen LogP contribution is -2.27. The first-order valence-electron chi connectivity index (χ1n) is 7.00. The Morgan fingerprint density at radius 2 is 1.59 bits per heavy atom. The number of halogens is 2. The summed E-state index contributed by atoms with van der Waals surface area (Å²) in [6.07, 6.45) is 1.18. The Morgan fingerprint density at radius 1 is 0.955 bits per heavy atom. The van der Waals surface area contributed by atoms with Crippen molar-refractivity contribution in [1.29, 1.82) is 0 Å². The van der Waals surface area contributed by atoms with Gasteiger partial charge in [0.15, 0.2) is 11.5 Å². The molecule has 0 unspecified atom stereocenters. The molecular weight excluding hydrogens is 327 g/mol. The first-order chi connectivity index (χ1) is 9.78. The van der Waals surface area contributed by atoms with Crippen molar-refractivity contribution in [3.63, 3.8) is 0 Å². The Hall–Kier alpha value is -0.880. The minimum Gasteiger partial charge on any atom is -0.493 e. The molecule has 0 radical (unpaired) electrons. The van der Waals surface area contributed by atoms with E-state index in [9.17, 15) is 0 Å². The van der Waals surface area contributed by atoms with Gasteiger partial charge in [-0.3, -0.25) is 4.90 Å². The van der Waals surface area contributed by atoms with Gasteiger partial charge in [0.25, 0.3) is 0 Å². The van der Waals surface area contributed by atoms with E-state index in [1.165, 1.54) is 12.0 Å². The predicted molar refractivity (Wildman–Crippen MR) is 93.4 cm³/mol. The molecule has 5 nitrogen and oxygen atoms in total. The Bertz CT molecular complexity index is 414. The zero-order valence-corrected chi connectivity index (χ0v) is 15.0. The lowest BCUT2D eigenvalue weighted by atomic mass is 10.1. The van der Waals surface area contributed by atoms with Crippen molar-refractivity contribution in [1.82, 2.24) is 10.2 Å². The molecule has 1 heterocycles. The van der Waals surface area contributed by atoms with Gasteiger partial charge in [-0.05, 0) is 37.2 Å². The molecule has 128 valence electrons. The van der Waals surface area contributed by atoms with Crippen molar-refractivity contribution in [2.45, 2.75) is 13.0 Å². The van der Waals surface area contributed by atoms with E-state index in [1.54, 1.807) is 21.3 Å². The molecule has 1 aromatic carbocycles. The number of ether oxygens (including phenoxy) is 3. The van der Waals surface area contributed by atoms with E-state index in [0.717, 1.165) is 44.2 Å². The highest BCUT2D eigenvalue weighted by atomic mass is 35.5. The third kappa shape index (κ3) is 5.39. The molecule has 1 fully saturated rings. The van der Waals surface area contributed by atoms with Gasteiger partial charge in [0, 0.05) is 19.6 Å². The average molecular weight is 353 g/mol. The van der Waals surface area contributed by atoms with Crippen LogP contribution in [0.15, 0.2) is 12.1 Å². The molecule has 1 aliphatic rings. The second-order valence-corrected chi connectivity index (χ2v) is 4.91. The SMILES string of the molecule is COc1cc(CN2CCCNCC2)cc(OC)c1OC.Cl.Cl. The quantitative estimate of drug-likeness (QED) is 0.880. The standard InChI is InChI=1S/C15H24N2O3.2ClH/c1-18-13-9-12(10-14(19-2)15(13)20-3)11-17-7-4-5-16-6-8-17;;/h9-10,16H,4-8,11H2,1-3H3;2*1H. The van der Waals surface area contributed by atoms with Crippen LogP contribution < -0.4 is 19.5 Å². The monoisotopic (exact) mass is 352 g/mol. The van der Waals surface area contributed by atoms with Gasteiger partial charge in [-0.25, -0.2) is 0 Å². The summed E-state index contributed by atoms with van der Waals surface area (Å²) in [6.45, 7) is 5.23. The minimum atomic E-state index is 0. The molecule has 1 aromatic rings. The van der Waals surface area contributed by atoms with Gasteiger partial charge in [0.05, 0.1) is 21.3 Å². The van der Waals surface area contributed by atoms with Gasteiger partial charge < -0.3 is 19.5 Å². The summed E-state index contributed by atoms with van der Waals surface area (Å²) in [4.78, 5) is 2.45. The van der Waals surface area contributed by atoms with Crippen molar-refractivity contribution in [2.75, 3.05) is 47.5 Å². The predicted octanol–water partition coefficient (Wildman–Crippen LogP) is 2.35. The zero-order chi connectivity index (χ0) is 14.4. The molecule has 2 rings (SSSR count). The van der Waals surface area contributed by atoms with Crippen molar-refractivity contribution >= 4 is 24.8 Å². The van der Waals surface area contributed by atoms with E-state index >= 15 is 0 Å². The van der Waals surface area contributed by atoms with Crippen LogP contribution in [0.25, 0.3) is 0 Å². The van der Waals surface area contributed by atoms with Gasteiger partial charge in [0.1, 0.15) is 0 Å². The molecule has 0 aliphatic carbocycles. The summed E-state index contributed by atoms with van der Waals surface area (Å²) < 4.78 is 16.1. The maximum absolute atomic E-state index is 5.40. The second kappa shape index (κ2) is 10.8. The average Bonchev–Trinajstić information content (AvgIpc) is 2.74. The largest absolute Gasteiger partial charge is 0.493 e.